The third kappa shape index (κ3) is 8.48. The molecular weight excluding hydrogens is 334 g/mol. The number of carbonyl (C=O) groups excluding carboxylic acids is 3. The Hall–Kier alpha value is -2.16. The average Bonchev–Trinajstić information content (AvgIpc) is 2.49. The summed E-state index contributed by atoms with van der Waals surface area (Å²) in [6.07, 6.45) is -1.86. The van der Waals surface area contributed by atoms with Crippen LogP contribution in [0.3, 0.4) is 0 Å². The summed E-state index contributed by atoms with van der Waals surface area (Å²) in [6, 6.07) is -1.72. The number of aliphatic hydroxyl groups excluding tert-OH is 1. The van der Waals surface area contributed by atoms with Gasteiger partial charge in [0.15, 0.2) is 0 Å². The summed E-state index contributed by atoms with van der Waals surface area (Å²) in [7, 11) is 0. The fraction of sp³-hybridized carbons (Fsp3) is 0.750. The molecule has 3 atom stereocenters. The molecule has 0 aliphatic rings. The van der Waals surface area contributed by atoms with E-state index in [1.54, 1.807) is 20.8 Å². The van der Waals surface area contributed by atoms with E-state index in [4.69, 9.17) is 9.47 Å². The number of amides is 1. The van der Waals surface area contributed by atoms with Crippen LogP contribution in [0.15, 0.2) is 0 Å². The molecule has 0 aliphatic heterocycles. The lowest BCUT2D eigenvalue weighted by Gasteiger charge is -2.24. The van der Waals surface area contributed by atoms with Gasteiger partial charge in [0, 0.05) is 0 Å². The van der Waals surface area contributed by atoms with Crippen molar-refractivity contribution in [1.82, 2.24) is 5.32 Å². The lowest BCUT2D eigenvalue weighted by atomic mass is 9.95. The van der Waals surface area contributed by atoms with E-state index < -0.39 is 48.3 Å². The monoisotopic (exact) mass is 361 g/mol. The van der Waals surface area contributed by atoms with Gasteiger partial charge in [0.1, 0.15) is 12.1 Å². The third-order valence-electron chi connectivity index (χ3n) is 3.24. The van der Waals surface area contributed by atoms with Crippen LogP contribution in [0, 0.1) is 11.8 Å². The van der Waals surface area contributed by atoms with E-state index in [0.717, 1.165) is 0 Å². The molecular formula is C16H27NO8. The Kier molecular flexibility index (Phi) is 10.4. The highest BCUT2D eigenvalue weighted by atomic mass is 16.5. The summed E-state index contributed by atoms with van der Waals surface area (Å²) < 4.78 is 9.53. The summed E-state index contributed by atoms with van der Waals surface area (Å²) in [4.78, 5) is 47.2. The Morgan fingerprint density at radius 1 is 1.04 bits per heavy atom. The van der Waals surface area contributed by atoms with Gasteiger partial charge < -0.3 is 25.0 Å². The van der Waals surface area contributed by atoms with Gasteiger partial charge in [-0.05, 0) is 26.2 Å². The second-order valence-electron chi connectivity index (χ2n) is 5.84. The fourth-order valence-electron chi connectivity index (χ4n) is 2.12. The minimum atomic E-state index is -1.72. The van der Waals surface area contributed by atoms with Crippen molar-refractivity contribution in [2.75, 3.05) is 13.2 Å². The Morgan fingerprint density at radius 2 is 1.60 bits per heavy atom. The smallest absolute Gasteiger partial charge is 0.327 e. The Labute approximate surface area is 146 Å². The van der Waals surface area contributed by atoms with E-state index in [0.29, 0.717) is 0 Å². The number of aliphatic carboxylic acids is 1. The maximum atomic E-state index is 12.1. The quantitative estimate of drug-likeness (QED) is 0.440. The number of aliphatic hydroxyl groups is 1. The van der Waals surface area contributed by atoms with Gasteiger partial charge in [0.05, 0.1) is 25.6 Å². The molecule has 0 unspecified atom stereocenters. The molecule has 144 valence electrons. The third-order valence-corrected chi connectivity index (χ3v) is 3.24. The second kappa shape index (κ2) is 11.4. The molecule has 25 heavy (non-hydrogen) atoms. The lowest BCUT2D eigenvalue weighted by Crippen LogP contribution is -2.52. The molecule has 0 radical (unpaired) electrons. The lowest BCUT2D eigenvalue weighted by molar-refractivity contribution is -0.160. The molecule has 0 bridgehead atoms. The Bertz CT molecular complexity index is 477. The van der Waals surface area contributed by atoms with Crippen LogP contribution in [0.25, 0.3) is 0 Å². The maximum absolute atomic E-state index is 12.1. The van der Waals surface area contributed by atoms with Crippen molar-refractivity contribution < 1.29 is 38.9 Å². The van der Waals surface area contributed by atoms with Crippen LogP contribution < -0.4 is 5.32 Å². The minimum Gasteiger partial charge on any atom is -0.480 e. The molecule has 0 aliphatic carbocycles. The highest BCUT2D eigenvalue weighted by molar-refractivity contribution is 5.91. The van der Waals surface area contributed by atoms with Gasteiger partial charge in [-0.15, -0.1) is 0 Å². The van der Waals surface area contributed by atoms with Crippen molar-refractivity contribution in [2.24, 2.45) is 11.8 Å². The molecule has 9 heteroatoms. The van der Waals surface area contributed by atoms with Crippen molar-refractivity contribution in [2.45, 2.75) is 52.7 Å². The van der Waals surface area contributed by atoms with E-state index in [9.17, 15) is 29.4 Å². The molecule has 1 amide bonds. The number of esters is 2. The molecule has 0 spiro atoms. The molecule has 0 fully saturated rings. The van der Waals surface area contributed by atoms with Gasteiger partial charge >= 0.3 is 17.9 Å². The SMILES string of the molecule is CCOC(=O)C[C@@H](C(=O)OCC)[C@@H](NC(=O)[C@@H](O)CC(C)C)C(=O)O. The zero-order chi connectivity index (χ0) is 19.6. The van der Waals surface area contributed by atoms with Crippen LogP contribution in [0.5, 0.6) is 0 Å². The number of rotatable bonds is 11. The zero-order valence-corrected chi connectivity index (χ0v) is 15.0. The maximum Gasteiger partial charge on any atom is 0.327 e. The standard InChI is InChI=1S/C16H27NO8/c1-5-24-12(19)8-10(16(23)25-6-2)13(15(21)22)17-14(20)11(18)7-9(3)4/h9-11,13,18H,5-8H2,1-4H3,(H,17,20)(H,21,22)/t10-,11+,13-/m1/s1. The summed E-state index contributed by atoms with van der Waals surface area (Å²) >= 11 is 0. The first kappa shape index (κ1) is 22.8. The minimum absolute atomic E-state index is 0.00409. The van der Waals surface area contributed by atoms with Gasteiger partial charge in [0.25, 0.3) is 0 Å². The number of hydrogen-bond donors (Lipinski definition) is 3. The van der Waals surface area contributed by atoms with Crippen LogP contribution in [0.1, 0.15) is 40.5 Å². The zero-order valence-electron chi connectivity index (χ0n) is 15.0. The summed E-state index contributed by atoms with van der Waals surface area (Å²) in [6.45, 7) is 6.71. The van der Waals surface area contributed by atoms with Crippen molar-refractivity contribution >= 4 is 23.8 Å². The molecule has 0 heterocycles. The molecule has 3 N–H and O–H groups in total. The van der Waals surface area contributed by atoms with Crippen LogP contribution >= 0.6 is 0 Å². The number of carboxylic acid groups (broad SMARTS) is 1. The predicted octanol–water partition coefficient (Wildman–Crippen LogP) is 0.0953. The Morgan fingerprint density at radius 3 is 2.04 bits per heavy atom. The average molecular weight is 361 g/mol. The number of nitrogens with one attached hydrogen (secondary N) is 1. The molecule has 0 rings (SSSR count). The van der Waals surface area contributed by atoms with Crippen LogP contribution in [-0.4, -0.2) is 59.4 Å². The molecule has 0 saturated carbocycles. The summed E-state index contributed by atoms with van der Waals surface area (Å²) in [5.41, 5.74) is 0. The molecule has 0 aromatic rings. The summed E-state index contributed by atoms with van der Waals surface area (Å²) in [5, 5.41) is 21.3. The topological polar surface area (TPSA) is 139 Å². The van der Waals surface area contributed by atoms with E-state index >= 15 is 0 Å². The highest BCUT2D eigenvalue weighted by Gasteiger charge is 2.39. The molecule has 9 nitrogen and oxygen atoms in total. The van der Waals surface area contributed by atoms with E-state index in [2.05, 4.69) is 5.32 Å². The number of ether oxygens (including phenoxy) is 2. The second-order valence-corrected chi connectivity index (χ2v) is 5.84. The number of hydrogen-bond acceptors (Lipinski definition) is 7. The van der Waals surface area contributed by atoms with Crippen LogP contribution in [-0.2, 0) is 28.7 Å². The van der Waals surface area contributed by atoms with Gasteiger partial charge in [-0.3, -0.25) is 14.4 Å². The largest absolute Gasteiger partial charge is 0.480 e. The van der Waals surface area contributed by atoms with Gasteiger partial charge in [-0.25, -0.2) is 4.79 Å². The Balaban J connectivity index is 5.32. The van der Waals surface area contributed by atoms with Gasteiger partial charge in [-0.1, -0.05) is 13.8 Å². The van der Waals surface area contributed by atoms with E-state index in [-0.39, 0.29) is 25.6 Å². The first-order valence-electron chi connectivity index (χ1n) is 8.17. The normalized spacial score (nSPS) is 14.3. The fourth-order valence-corrected chi connectivity index (χ4v) is 2.12. The van der Waals surface area contributed by atoms with Crippen molar-refractivity contribution in [3.63, 3.8) is 0 Å². The first-order valence-corrected chi connectivity index (χ1v) is 8.17. The van der Waals surface area contributed by atoms with Gasteiger partial charge in [0.2, 0.25) is 5.91 Å². The molecule has 0 saturated heterocycles. The highest BCUT2D eigenvalue weighted by Crippen LogP contribution is 2.15. The first-order chi connectivity index (χ1) is 11.6. The van der Waals surface area contributed by atoms with Crippen LogP contribution in [0.2, 0.25) is 0 Å². The van der Waals surface area contributed by atoms with E-state index in [1.807, 2.05) is 0 Å². The molecule has 0 aromatic carbocycles. The number of carboxylic acids is 1. The van der Waals surface area contributed by atoms with Crippen molar-refractivity contribution in [3.05, 3.63) is 0 Å². The van der Waals surface area contributed by atoms with E-state index in [1.165, 1.54) is 6.92 Å². The number of carbonyl (C=O) groups is 4. The predicted molar refractivity (Wildman–Crippen MR) is 86.4 cm³/mol. The van der Waals surface area contributed by atoms with Crippen molar-refractivity contribution in [3.8, 4) is 0 Å². The van der Waals surface area contributed by atoms with Crippen molar-refractivity contribution in [1.29, 1.82) is 0 Å². The van der Waals surface area contributed by atoms with Gasteiger partial charge in [-0.2, -0.15) is 0 Å². The summed E-state index contributed by atoms with van der Waals surface area (Å²) in [5.74, 6) is -5.65. The van der Waals surface area contributed by atoms with Crippen LogP contribution in [0.4, 0.5) is 0 Å². The molecule has 0 aromatic heterocycles.